The molecule has 0 aliphatic rings. The number of pyridine rings is 1. The first-order valence-electron chi connectivity index (χ1n) is 6.77. The third kappa shape index (κ3) is 3.60. The van der Waals surface area contributed by atoms with E-state index in [9.17, 15) is 0 Å². The zero-order chi connectivity index (χ0) is 13.4. The molecule has 102 valence electrons. The van der Waals surface area contributed by atoms with Crippen LogP contribution in [-0.4, -0.2) is 23.7 Å². The molecule has 4 heteroatoms. The largest absolute Gasteiger partial charge is 0.490 e. The fraction of sp³-hybridized carbons (Fsp3) is 0.643. The highest BCUT2D eigenvalue weighted by Crippen LogP contribution is 2.27. The Kier molecular flexibility index (Phi) is 5.92. The van der Waals surface area contributed by atoms with Crippen LogP contribution in [0.3, 0.4) is 0 Å². The lowest BCUT2D eigenvalue weighted by Crippen LogP contribution is -2.44. The summed E-state index contributed by atoms with van der Waals surface area (Å²) in [6.07, 6.45) is 4.68. The first-order chi connectivity index (χ1) is 8.71. The van der Waals surface area contributed by atoms with E-state index in [0.29, 0.717) is 13.2 Å². The number of nitrogens with one attached hydrogen (secondary N) is 1. The van der Waals surface area contributed by atoms with Gasteiger partial charge in [-0.2, -0.15) is 0 Å². The lowest BCUT2D eigenvalue weighted by Gasteiger charge is -2.32. The smallest absolute Gasteiger partial charge is 0.169 e. The van der Waals surface area contributed by atoms with Crippen LogP contribution in [0, 0.1) is 0 Å². The minimum atomic E-state index is -0.0985. The summed E-state index contributed by atoms with van der Waals surface area (Å²) in [5.74, 6) is 1.60. The fourth-order valence-electron chi connectivity index (χ4n) is 1.83. The second-order valence-electron chi connectivity index (χ2n) is 4.52. The van der Waals surface area contributed by atoms with Gasteiger partial charge in [-0.3, -0.25) is 0 Å². The molecule has 0 aliphatic heterocycles. The number of anilines is 1. The van der Waals surface area contributed by atoms with Crippen LogP contribution in [0.2, 0.25) is 0 Å². The van der Waals surface area contributed by atoms with Gasteiger partial charge >= 0.3 is 0 Å². The minimum Gasteiger partial charge on any atom is -0.490 e. The highest BCUT2D eigenvalue weighted by molar-refractivity contribution is 5.51. The van der Waals surface area contributed by atoms with Crippen molar-refractivity contribution in [2.75, 3.05) is 18.5 Å². The number of nitrogens with two attached hydrogens (primary N) is 1. The van der Waals surface area contributed by atoms with E-state index < -0.39 is 0 Å². The van der Waals surface area contributed by atoms with Gasteiger partial charge in [-0.1, -0.05) is 20.8 Å². The van der Waals surface area contributed by atoms with Gasteiger partial charge in [-0.25, -0.2) is 4.98 Å². The number of ether oxygens (including phenoxy) is 1. The molecule has 0 amide bonds. The molecule has 0 saturated carbocycles. The van der Waals surface area contributed by atoms with Crippen molar-refractivity contribution in [1.29, 1.82) is 0 Å². The van der Waals surface area contributed by atoms with E-state index in [0.717, 1.165) is 30.8 Å². The molecule has 1 aromatic rings. The molecule has 4 nitrogen and oxygen atoms in total. The Hall–Kier alpha value is -1.29. The van der Waals surface area contributed by atoms with Crippen LogP contribution in [0.5, 0.6) is 5.75 Å². The van der Waals surface area contributed by atoms with Gasteiger partial charge < -0.3 is 15.8 Å². The summed E-state index contributed by atoms with van der Waals surface area (Å²) in [5, 5.41) is 3.46. The van der Waals surface area contributed by atoms with Crippen molar-refractivity contribution in [2.45, 2.75) is 45.6 Å². The molecule has 0 saturated heterocycles. The van der Waals surface area contributed by atoms with Gasteiger partial charge in [0.25, 0.3) is 0 Å². The van der Waals surface area contributed by atoms with Crippen LogP contribution >= 0.6 is 0 Å². The van der Waals surface area contributed by atoms with Crippen molar-refractivity contribution < 1.29 is 4.74 Å². The lowest BCUT2D eigenvalue weighted by atomic mass is 9.93. The first-order valence-corrected chi connectivity index (χ1v) is 6.77. The van der Waals surface area contributed by atoms with Gasteiger partial charge in [-0.15, -0.1) is 0 Å². The predicted molar refractivity (Wildman–Crippen MR) is 76.0 cm³/mol. The van der Waals surface area contributed by atoms with Crippen LogP contribution in [0.4, 0.5) is 5.82 Å². The van der Waals surface area contributed by atoms with E-state index in [1.807, 2.05) is 12.1 Å². The van der Waals surface area contributed by atoms with E-state index in [1.165, 1.54) is 0 Å². The Bertz CT molecular complexity index is 342. The second kappa shape index (κ2) is 7.21. The molecule has 0 aliphatic carbocycles. The molecule has 0 aromatic carbocycles. The maximum atomic E-state index is 5.90. The number of aromatic nitrogens is 1. The van der Waals surface area contributed by atoms with E-state index >= 15 is 0 Å². The van der Waals surface area contributed by atoms with Crippen molar-refractivity contribution >= 4 is 5.82 Å². The summed E-state index contributed by atoms with van der Waals surface area (Å²) in [5.41, 5.74) is 5.80. The molecule has 0 fully saturated rings. The van der Waals surface area contributed by atoms with Crippen molar-refractivity contribution in [3.8, 4) is 5.75 Å². The maximum absolute atomic E-state index is 5.90. The normalized spacial score (nSPS) is 11.3. The van der Waals surface area contributed by atoms with Crippen LogP contribution in [0.1, 0.15) is 40.0 Å². The van der Waals surface area contributed by atoms with Crippen molar-refractivity contribution in [2.24, 2.45) is 5.73 Å². The zero-order valence-electron chi connectivity index (χ0n) is 11.7. The molecule has 1 rings (SSSR count). The Morgan fingerprint density at radius 3 is 2.61 bits per heavy atom. The molecule has 0 atom stereocenters. The Balaban J connectivity index is 2.88. The average Bonchev–Trinajstić information content (AvgIpc) is 2.44. The molecule has 3 N–H and O–H groups in total. The first kappa shape index (κ1) is 14.8. The van der Waals surface area contributed by atoms with Gasteiger partial charge in [0.2, 0.25) is 0 Å². The predicted octanol–water partition coefficient (Wildman–Crippen LogP) is 2.80. The highest BCUT2D eigenvalue weighted by Gasteiger charge is 2.25. The van der Waals surface area contributed by atoms with E-state index in [1.54, 1.807) is 6.20 Å². The molecule has 0 unspecified atom stereocenters. The van der Waals surface area contributed by atoms with Gasteiger partial charge in [0.1, 0.15) is 0 Å². The Morgan fingerprint density at radius 1 is 1.33 bits per heavy atom. The number of hydrogen-bond acceptors (Lipinski definition) is 4. The Labute approximate surface area is 110 Å². The van der Waals surface area contributed by atoms with E-state index in [4.69, 9.17) is 10.5 Å². The van der Waals surface area contributed by atoms with Gasteiger partial charge in [-0.05, 0) is 31.4 Å². The van der Waals surface area contributed by atoms with Crippen molar-refractivity contribution in [3.63, 3.8) is 0 Å². The van der Waals surface area contributed by atoms with Crippen LogP contribution in [-0.2, 0) is 0 Å². The van der Waals surface area contributed by atoms with Gasteiger partial charge in [0.15, 0.2) is 11.6 Å². The molecule has 1 heterocycles. The quantitative estimate of drug-likeness (QED) is 0.746. The monoisotopic (exact) mass is 251 g/mol. The summed E-state index contributed by atoms with van der Waals surface area (Å²) in [6.45, 7) is 7.65. The average molecular weight is 251 g/mol. The molecule has 0 bridgehead atoms. The third-order valence-corrected chi connectivity index (χ3v) is 3.36. The summed E-state index contributed by atoms with van der Waals surface area (Å²) < 4.78 is 5.70. The standard InChI is InChI=1S/C14H25N3O/c1-4-10-18-12-8-7-9-16-13(12)17-14(5-2,6-3)11-15/h7-9H,4-6,10-11,15H2,1-3H3,(H,16,17). The van der Waals surface area contributed by atoms with Gasteiger partial charge in [0, 0.05) is 12.7 Å². The van der Waals surface area contributed by atoms with Crippen LogP contribution in [0.25, 0.3) is 0 Å². The van der Waals surface area contributed by atoms with Crippen LogP contribution < -0.4 is 15.8 Å². The molecular weight excluding hydrogens is 226 g/mol. The van der Waals surface area contributed by atoms with E-state index in [2.05, 4.69) is 31.1 Å². The third-order valence-electron chi connectivity index (χ3n) is 3.36. The fourth-order valence-corrected chi connectivity index (χ4v) is 1.83. The molecule has 0 radical (unpaired) electrons. The van der Waals surface area contributed by atoms with E-state index in [-0.39, 0.29) is 5.54 Å². The SMILES string of the molecule is CCCOc1cccnc1NC(CC)(CC)CN. The summed E-state index contributed by atoms with van der Waals surface area (Å²) in [7, 11) is 0. The van der Waals surface area contributed by atoms with Crippen LogP contribution in [0.15, 0.2) is 18.3 Å². The number of nitrogens with zero attached hydrogens (tertiary/aromatic N) is 1. The molecule has 0 spiro atoms. The molecule has 18 heavy (non-hydrogen) atoms. The molecule has 1 aromatic heterocycles. The number of hydrogen-bond donors (Lipinski definition) is 2. The Morgan fingerprint density at radius 2 is 2.06 bits per heavy atom. The van der Waals surface area contributed by atoms with Crippen molar-refractivity contribution in [3.05, 3.63) is 18.3 Å². The number of rotatable bonds is 8. The topological polar surface area (TPSA) is 60.2 Å². The summed E-state index contributed by atoms with van der Waals surface area (Å²) >= 11 is 0. The lowest BCUT2D eigenvalue weighted by molar-refractivity contribution is 0.316. The zero-order valence-corrected chi connectivity index (χ0v) is 11.7. The van der Waals surface area contributed by atoms with Crippen molar-refractivity contribution in [1.82, 2.24) is 4.98 Å². The second-order valence-corrected chi connectivity index (χ2v) is 4.52. The molecular formula is C14H25N3O. The minimum absolute atomic E-state index is 0.0985. The maximum Gasteiger partial charge on any atom is 0.169 e. The summed E-state index contributed by atoms with van der Waals surface area (Å²) in [6, 6.07) is 3.83. The highest BCUT2D eigenvalue weighted by atomic mass is 16.5. The van der Waals surface area contributed by atoms with Gasteiger partial charge in [0.05, 0.1) is 12.1 Å². The summed E-state index contributed by atoms with van der Waals surface area (Å²) in [4.78, 5) is 4.37.